The number of halogens is 3. The minimum Gasteiger partial charge on any atom is -0.505 e. The number of carbonyl (C=O) groups is 1. The summed E-state index contributed by atoms with van der Waals surface area (Å²) in [5.74, 6) is 0.634. The van der Waals surface area contributed by atoms with E-state index in [1.807, 2.05) is 39.0 Å². The van der Waals surface area contributed by atoms with Gasteiger partial charge in [-0.05, 0) is 81.1 Å². The van der Waals surface area contributed by atoms with Gasteiger partial charge in [-0.3, -0.25) is 9.78 Å². The van der Waals surface area contributed by atoms with E-state index >= 15 is 0 Å². The van der Waals surface area contributed by atoms with Crippen molar-refractivity contribution < 1.29 is 9.90 Å². The van der Waals surface area contributed by atoms with E-state index in [9.17, 15) is 9.90 Å². The van der Waals surface area contributed by atoms with Crippen LogP contribution < -0.4 is 5.32 Å². The van der Waals surface area contributed by atoms with Gasteiger partial charge >= 0.3 is 0 Å². The molecular weight excluding hydrogens is 529 g/mol. The number of hydrogen-bond donors (Lipinski definition) is 2. The van der Waals surface area contributed by atoms with Crippen LogP contribution in [-0.4, -0.2) is 47.5 Å². The first-order chi connectivity index (χ1) is 16.9. The number of phenolic OH excluding ortho intramolecular Hbond substituents is 1. The predicted octanol–water partition coefficient (Wildman–Crippen LogP) is 8.10. The molecule has 1 fully saturated rings. The lowest BCUT2D eigenvalue weighted by molar-refractivity contribution is 0.0859. The molecule has 1 aliphatic carbocycles. The fourth-order valence-corrected chi connectivity index (χ4v) is 5.53. The van der Waals surface area contributed by atoms with Gasteiger partial charge in [-0.2, -0.15) is 0 Å². The SMILES string of the molecule is CN(C)CC1CCC(Nc2c(C(=O)C(C)(C)C)cnc3ccc(-c4cc(Cl)c(O)c(Cl)c4)cc23)CC1.Cl. The molecule has 2 aromatic carbocycles. The summed E-state index contributed by atoms with van der Waals surface area (Å²) in [7, 11) is 4.26. The van der Waals surface area contributed by atoms with E-state index in [-0.39, 0.29) is 34.0 Å². The number of anilines is 1. The summed E-state index contributed by atoms with van der Waals surface area (Å²) in [5.41, 5.74) is 3.39. The number of Topliss-reactive ketones (excluding diaryl/α,β-unsaturated/α-hetero) is 1. The number of benzene rings is 2. The van der Waals surface area contributed by atoms with Gasteiger partial charge in [0.1, 0.15) is 0 Å². The minimum atomic E-state index is -0.537. The Morgan fingerprint density at radius 1 is 1.05 bits per heavy atom. The van der Waals surface area contributed by atoms with Gasteiger partial charge in [0, 0.05) is 29.6 Å². The summed E-state index contributed by atoms with van der Waals surface area (Å²) in [4.78, 5) is 20.4. The lowest BCUT2D eigenvalue weighted by Crippen LogP contribution is -2.32. The molecule has 2 N–H and O–H groups in total. The zero-order valence-corrected chi connectivity index (χ0v) is 24.4. The maximum Gasteiger partial charge on any atom is 0.171 e. The molecule has 0 atom stereocenters. The van der Waals surface area contributed by atoms with Gasteiger partial charge in [0.2, 0.25) is 0 Å². The van der Waals surface area contributed by atoms with Crippen LogP contribution in [0.15, 0.2) is 36.5 Å². The van der Waals surface area contributed by atoms with Crippen molar-refractivity contribution in [1.82, 2.24) is 9.88 Å². The van der Waals surface area contributed by atoms with Crippen LogP contribution in [0.2, 0.25) is 10.0 Å². The Balaban J connectivity index is 0.00000380. The Bertz CT molecular complexity index is 1260. The smallest absolute Gasteiger partial charge is 0.171 e. The van der Waals surface area contributed by atoms with Gasteiger partial charge in [0.15, 0.2) is 11.5 Å². The first-order valence-electron chi connectivity index (χ1n) is 12.5. The van der Waals surface area contributed by atoms with Crippen LogP contribution in [0.5, 0.6) is 5.75 Å². The fraction of sp³-hybridized carbons (Fsp3) is 0.448. The van der Waals surface area contributed by atoms with Crippen molar-refractivity contribution in [1.29, 1.82) is 0 Å². The molecule has 0 spiro atoms. The minimum absolute atomic E-state index is 0. The Hall–Kier alpha value is -2.05. The monoisotopic (exact) mass is 563 g/mol. The third kappa shape index (κ3) is 6.69. The number of fused-ring (bicyclic) bond motifs is 1. The van der Waals surface area contributed by atoms with Crippen molar-refractivity contribution in [3.8, 4) is 16.9 Å². The molecule has 4 rings (SSSR count). The molecule has 1 aliphatic rings. The number of ketones is 1. The van der Waals surface area contributed by atoms with Crippen LogP contribution in [0, 0.1) is 11.3 Å². The molecular formula is C29H36Cl3N3O2. The second-order valence-electron chi connectivity index (χ2n) is 11.3. The number of phenols is 1. The number of nitrogens with one attached hydrogen (secondary N) is 1. The van der Waals surface area contributed by atoms with E-state index in [0.29, 0.717) is 17.5 Å². The molecule has 1 saturated carbocycles. The Morgan fingerprint density at radius 3 is 2.24 bits per heavy atom. The molecule has 5 nitrogen and oxygen atoms in total. The van der Waals surface area contributed by atoms with Crippen molar-refractivity contribution >= 4 is 58.0 Å². The van der Waals surface area contributed by atoms with Crippen LogP contribution in [0.1, 0.15) is 56.8 Å². The molecule has 0 saturated heterocycles. The molecule has 3 aromatic rings. The number of pyridine rings is 1. The third-order valence-corrected chi connectivity index (χ3v) is 7.54. The quantitative estimate of drug-likeness (QED) is 0.296. The Labute approximate surface area is 236 Å². The molecule has 0 radical (unpaired) electrons. The van der Waals surface area contributed by atoms with E-state index in [0.717, 1.165) is 59.9 Å². The van der Waals surface area contributed by atoms with E-state index in [1.54, 1.807) is 18.3 Å². The maximum absolute atomic E-state index is 13.5. The van der Waals surface area contributed by atoms with Crippen LogP contribution >= 0.6 is 35.6 Å². The summed E-state index contributed by atoms with van der Waals surface area (Å²) < 4.78 is 0. The first kappa shape index (κ1) is 29.5. The van der Waals surface area contributed by atoms with Crippen molar-refractivity contribution in [2.45, 2.75) is 52.5 Å². The molecule has 0 aliphatic heterocycles. The number of rotatable bonds is 6. The van der Waals surface area contributed by atoms with E-state index in [2.05, 4.69) is 29.3 Å². The van der Waals surface area contributed by atoms with Crippen molar-refractivity contribution in [3.63, 3.8) is 0 Å². The first-order valence-corrected chi connectivity index (χ1v) is 13.3. The molecule has 0 amide bonds. The molecule has 0 bridgehead atoms. The zero-order valence-electron chi connectivity index (χ0n) is 22.1. The average Bonchev–Trinajstić information content (AvgIpc) is 2.82. The summed E-state index contributed by atoms with van der Waals surface area (Å²) in [6, 6.07) is 9.61. The number of carbonyl (C=O) groups excluding carboxylic acids is 1. The highest BCUT2D eigenvalue weighted by Gasteiger charge is 2.29. The zero-order chi connectivity index (χ0) is 26.2. The highest BCUT2D eigenvalue weighted by atomic mass is 35.5. The second-order valence-corrected chi connectivity index (χ2v) is 12.1. The normalized spacial score (nSPS) is 18.1. The van der Waals surface area contributed by atoms with E-state index in [1.165, 1.54) is 0 Å². The van der Waals surface area contributed by atoms with Crippen LogP contribution in [0.4, 0.5) is 5.69 Å². The van der Waals surface area contributed by atoms with Gasteiger partial charge in [-0.25, -0.2) is 0 Å². The van der Waals surface area contributed by atoms with Crippen LogP contribution in [-0.2, 0) is 0 Å². The fourth-order valence-electron chi connectivity index (χ4n) is 5.05. The van der Waals surface area contributed by atoms with Gasteiger partial charge in [0.25, 0.3) is 0 Å². The highest BCUT2D eigenvalue weighted by molar-refractivity contribution is 6.37. The largest absolute Gasteiger partial charge is 0.505 e. The highest BCUT2D eigenvalue weighted by Crippen LogP contribution is 2.39. The molecule has 0 unspecified atom stereocenters. The lowest BCUT2D eigenvalue weighted by Gasteiger charge is -2.32. The molecule has 200 valence electrons. The lowest BCUT2D eigenvalue weighted by atomic mass is 9.84. The van der Waals surface area contributed by atoms with Gasteiger partial charge < -0.3 is 15.3 Å². The number of aromatic nitrogens is 1. The average molecular weight is 565 g/mol. The van der Waals surface area contributed by atoms with Gasteiger partial charge in [-0.1, -0.05) is 50.0 Å². The topological polar surface area (TPSA) is 65.5 Å². The van der Waals surface area contributed by atoms with E-state index in [4.69, 9.17) is 23.2 Å². The van der Waals surface area contributed by atoms with Crippen molar-refractivity contribution in [2.75, 3.05) is 26.0 Å². The molecule has 1 heterocycles. The standard InChI is InChI=1S/C29H35Cl2N3O2.ClH/c1-29(2,3)28(36)22-15-32-25-11-8-18(19-13-23(30)27(35)24(31)14-19)12-21(25)26(22)33-20-9-6-17(7-10-20)16-34(4)5;/h8,11-15,17,20,35H,6-7,9-10,16H2,1-5H3,(H,32,33);1H. The molecule has 8 heteroatoms. The number of nitrogens with zero attached hydrogens (tertiary/aromatic N) is 2. The predicted molar refractivity (Wildman–Crippen MR) is 158 cm³/mol. The van der Waals surface area contributed by atoms with Crippen molar-refractivity contribution in [2.24, 2.45) is 11.3 Å². The van der Waals surface area contributed by atoms with Crippen LogP contribution in [0.25, 0.3) is 22.0 Å². The van der Waals surface area contributed by atoms with Crippen LogP contribution in [0.3, 0.4) is 0 Å². The Morgan fingerprint density at radius 2 is 1.68 bits per heavy atom. The third-order valence-electron chi connectivity index (χ3n) is 6.96. The van der Waals surface area contributed by atoms with Crippen molar-refractivity contribution in [3.05, 3.63) is 52.1 Å². The summed E-state index contributed by atoms with van der Waals surface area (Å²) >= 11 is 12.4. The maximum atomic E-state index is 13.5. The summed E-state index contributed by atoms with van der Waals surface area (Å²) in [6.45, 7) is 6.92. The number of hydrogen-bond acceptors (Lipinski definition) is 5. The number of aromatic hydroxyl groups is 1. The van der Waals surface area contributed by atoms with E-state index < -0.39 is 5.41 Å². The molecule has 1 aromatic heterocycles. The molecule has 37 heavy (non-hydrogen) atoms. The van der Waals surface area contributed by atoms with Gasteiger partial charge in [0.05, 0.1) is 26.8 Å². The second kappa shape index (κ2) is 11.8. The summed E-state index contributed by atoms with van der Waals surface area (Å²) in [6.07, 6.45) is 6.17. The Kier molecular flexibility index (Phi) is 9.39. The summed E-state index contributed by atoms with van der Waals surface area (Å²) in [5, 5.41) is 15.0. The van der Waals surface area contributed by atoms with Gasteiger partial charge in [-0.15, -0.1) is 12.4 Å².